The first kappa shape index (κ1) is 19.8. The fraction of sp³-hybridized carbons (Fsp3) is 0.556. The molecule has 0 spiro atoms. The Kier molecular flexibility index (Phi) is 7.55. The van der Waals surface area contributed by atoms with E-state index in [1.165, 1.54) is 7.11 Å². The first-order valence-electron chi connectivity index (χ1n) is 8.10. The minimum Gasteiger partial charge on any atom is -0.497 e. The van der Waals surface area contributed by atoms with Gasteiger partial charge in [-0.05, 0) is 24.0 Å². The molecular weight excluding hydrogens is 308 g/mol. The number of hydrogen-bond acceptors (Lipinski definition) is 4. The van der Waals surface area contributed by atoms with Crippen molar-refractivity contribution < 1.29 is 19.1 Å². The zero-order valence-electron chi connectivity index (χ0n) is 15.3. The highest BCUT2D eigenvalue weighted by atomic mass is 16.5. The van der Waals surface area contributed by atoms with Crippen LogP contribution < -0.4 is 20.1 Å². The van der Waals surface area contributed by atoms with Crippen molar-refractivity contribution in [3.05, 3.63) is 18.2 Å². The number of rotatable bonds is 8. The standard InChI is InChI=1S/C18H28N2O4/c1-11(2)9-16(21)20-17(12(3)4)18(22)19-14-8-7-13(23-5)10-15(14)24-6/h7-8,10-12,17H,9H2,1-6H3,(H,19,22)(H,20,21). The number of methoxy groups -OCH3 is 2. The van der Waals surface area contributed by atoms with Crippen LogP contribution in [0.15, 0.2) is 18.2 Å². The van der Waals surface area contributed by atoms with Crippen LogP contribution in [0.1, 0.15) is 34.1 Å². The van der Waals surface area contributed by atoms with Gasteiger partial charge in [0.25, 0.3) is 0 Å². The van der Waals surface area contributed by atoms with Crippen LogP contribution in [-0.4, -0.2) is 32.1 Å². The van der Waals surface area contributed by atoms with Crippen molar-refractivity contribution in [1.82, 2.24) is 5.32 Å². The Balaban J connectivity index is 2.87. The molecule has 1 atom stereocenters. The number of amides is 2. The molecule has 0 saturated heterocycles. The molecular formula is C18H28N2O4. The molecule has 6 heteroatoms. The summed E-state index contributed by atoms with van der Waals surface area (Å²) in [6.45, 7) is 7.72. The summed E-state index contributed by atoms with van der Waals surface area (Å²) in [5.41, 5.74) is 0.534. The lowest BCUT2D eigenvalue weighted by atomic mass is 10.0. The van der Waals surface area contributed by atoms with Gasteiger partial charge in [0, 0.05) is 12.5 Å². The van der Waals surface area contributed by atoms with Gasteiger partial charge in [0.05, 0.1) is 19.9 Å². The first-order chi connectivity index (χ1) is 11.3. The van der Waals surface area contributed by atoms with Crippen molar-refractivity contribution >= 4 is 17.5 Å². The zero-order chi connectivity index (χ0) is 18.3. The molecule has 1 aromatic rings. The monoisotopic (exact) mass is 336 g/mol. The normalized spacial score (nSPS) is 12.0. The third-order valence-corrected chi connectivity index (χ3v) is 3.53. The molecule has 0 aliphatic carbocycles. The second kappa shape index (κ2) is 9.15. The van der Waals surface area contributed by atoms with Gasteiger partial charge in [0.15, 0.2) is 0 Å². The number of nitrogens with one attached hydrogen (secondary N) is 2. The fourth-order valence-electron chi connectivity index (χ4n) is 2.25. The Morgan fingerprint density at radius 3 is 2.25 bits per heavy atom. The van der Waals surface area contributed by atoms with E-state index >= 15 is 0 Å². The van der Waals surface area contributed by atoms with E-state index in [4.69, 9.17) is 9.47 Å². The molecule has 24 heavy (non-hydrogen) atoms. The average Bonchev–Trinajstić information content (AvgIpc) is 2.51. The van der Waals surface area contributed by atoms with Crippen molar-refractivity contribution in [1.29, 1.82) is 0 Å². The Bertz CT molecular complexity index is 570. The highest BCUT2D eigenvalue weighted by molar-refractivity contribution is 5.98. The van der Waals surface area contributed by atoms with Crippen molar-refractivity contribution in [3.8, 4) is 11.5 Å². The molecule has 0 heterocycles. The third-order valence-electron chi connectivity index (χ3n) is 3.53. The summed E-state index contributed by atoms with van der Waals surface area (Å²) in [5, 5.41) is 5.63. The van der Waals surface area contributed by atoms with Gasteiger partial charge >= 0.3 is 0 Å². The maximum atomic E-state index is 12.6. The van der Waals surface area contributed by atoms with E-state index in [1.807, 2.05) is 27.7 Å². The van der Waals surface area contributed by atoms with E-state index in [0.717, 1.165) is 0 Å². The average molecular weight is 336 g/mol. The van der Waals surface area contributed by atoms with Gasteiger partial charge in [-0.1, -0.05) is 27.7 Å². The molecule has 1 unspecified atom stereocenters. The van der Waals surface area contributed by atoms with Gasteiger partial charge in [0.2, 0.25) is 11.8 Å². The van der Waals surface area contributed by atoms with E-state index in [-0.39, 0.29) is 23.7 Å². The molecule has 0 aliphatic heterocycles. The minimum absolute atomic E-state index is 0.0367. The number of carbonyl (C=O) groups is 2. The maximum absolute atomic E-state index is 12.6. The van der Waals surface area contributed by atoms with E-state index < -0.39 is 6.04 Å². The van der Waals surface area contributed by atoms with E-state index in [9.17, 15) is 9.59 Å². The number of anilines is 1. The molecule has 6 nitrogen and oxygen atoms in total. The highest BCUT2D eigenvalue weighted by Crippen LogP contribution is 2.29. The summed E-state index contributed by atoms with van der Waals surface area (Å²) in [6, 6.07) is 4.53. The molecule has 1 aromatic carbocycles. The summed E-state index contributed by atoms with van der Waals surface area (Å²) in [6.07, 6.45) is 0.391. The summed E-state index contributed by atoms with van der Waals surface area (Å²) >= 11 is 0. The predicted octanol–water partition coefficient (Wildman–Crippen LogP) is 2.83. The topological polar surface area (TPSA) is 76.7 Å². The number of benzene rings is 1. The fourth-order valence-corrected chi connectivity index (χ4v) is 2.25. The Morgan fingerprint density at radius 1 is 1.08 bits per heavy atom. The molecule has 2 amide bonds. The van der Waals surface area contributed by atoms with Gasteiger partial charge in [-0.3, -0.25) is 9.59 Å². The van der Waals surface area contributed by atoms with Crippen LogP contribution in [0.4, 0.5) is 5.69 Å². The van der Waals surface area contributed by atoms with Gasteiger partial charge in [0.1, 0.15) is 17.5 Å². The third kappa shape index (κ3) is 5.76. The quantitative estimate of drug-likeness (QED) is 0.765. The number of carbonyl (C=O) groups excluding carboxylic acids is 2. The summed E-state index contributed by atoms with van der Waals surface area (Å²) in [5.74, 6) is 0.938. The van der Waals surface area contributed by atoms with Crippen LogP contribution in [0.25, 0.3) is 0 Å². The van der Waals surface area contributed by atoms with Gasteiger partial charge in [-0.15, -0.1) is 0 Å². The van der Waals surface area contributed by atoms with E-state index in [1.54, 1.807) is 25.3 Å². The Hall–Kier alpha value is -2.24. The van der Waals surface area contributed by atoms with Crippen LogP contribution in [-0.2, 0) is 9.59 Å². The van der Waals surface area contributed by atoms with Gasteiger partial charge in [-0.25, -0.2) is 0 Å². The Labute approximate surface area is 143 Å². The molecule has 0 aliphatic rings. The molecule has 0 saturated carbocycles. The van der Waals surface area contributed by atoms with E-state index in [2.05, 4.69) is 10.6 Å². The molecule has 2 N–H and O–H groups in total. The van der Waals surface area contributed by atoms with Crippen LogP contribution in [0.3, 0.4) is 0 Å². The van der Waals surface area contributed by atoms with Gasteiger partial charge in [-0.2, -0.15) is 0 Å². The molecule has 0 radical (unpaired) electrons. The molecule has 0 aromatic heterocycles. The first-order valence-corrected chi connectivity index (χ1v) is 8.10. The second-order valence-electron chi connectivity index (χ2n) is 6.44. The molecule has 134 valence electrons. The molecule has 1 rings (SSSR count). The zero-order valence-corrected chi connectivity index (χ0v) is 15.3. The van der Waals surface area contributed by atoms with Gasteiger partial charge < -0.3 is 20.1 Å². The Morgan fingerprint density at radius 2 is 1.75 bits per heavy atom. The summed E-state index contributed by atoms with van der Waals surface area (Å²) in [4.78, 5) is 24.6. The van der Waals surface area contributed by atoms with Crippen LogP contribution in [0, 0.1) is 11.8 Å². The lowest BCUT2D eigenvalue weighted by Gasteiger charge is -2.23. The molecule has 0 bridgehead atoms. The van der Waals surface area contributed by atoms with Crippen LogP contribution >= 0.6 is 0 Å². The smallest absolute Gasteiger partial charge is 0.247 e. The lowest BCUT2D eigenvalue weighted by molar-refractivity contribution is -0.127. The van der Waals surface area contributed by atoms with Crippen molar-refractivity contribution in [2.45, 2.75) is 40.2 Å². The van der Waals surface area contributed by atoms with Crippen molar-refractivity contribution in [3.63, 3.8) is 0 Å². The van der Waals surface area contributed by atoms with Crippen molar-refractivity contribution in [2.75, 3.05) is 19.5 Å². The largest absolute Gasteiger partial charge is 0.497 e. The lowest BCUT2D eigenvalue weighted by Crippen LogP contribution is -2.47. The number of hydrogen-bond donors (Lipinski definition) is 2. The van der Waals surface area contributed by atoms with E-state index in [0.29, 0.717) is 23.6 Å². The van der Waals surface area contributed by atoms with Crippen LogP contribution in [0.2, 0.25) is 0 Å². The summed E-state index contributed by atoms with van der Waals surface area (Å²) in [7, 11) is 3.08. The summed E-state index contributed by atoms with van der Waals surface area (Å²) < 4.78 is 10.4. The van der Waals surface area contributed by atoms with Crippen molar-refractivity contribution in [2.24, 2.45) is 11.8 Å². The van der Waals surface area contributed by atoms with Crippen LogP contribution in [0.5, 0.6) is 11.5 Å². The highest BCUT2D eigenvalue weighted by Gasteiger charge is 2.25. The second-order valence-corrected chi connectivity index (χ2v) is 6.44. The minimum atomic E-state index is -0.608. The maximum Gasteiger partial charge on any atom is 0.247 e. The molecule has 0 fully saturated rings. The SMILES string of the molecule is COc1ccc(NC(=O)C(NC(=O)CC(C)C)C(C)C)c(OC)c1. The predicted molar refractivity (Wildman–Crippen MR) is 94.4 cm³/mol. The number of ether oxygens (including phenoxy) is 2.